The lowest BCUT2D eigenvalue weighted by Crippen LogP contribution is -1.92. The fourth-order valence-electron chi connectivity index (χ4n) is 0.982. The van der Waals surface area contributed by atoms with Crippen LogP contribution in [0, 0.1) is 5.92 Å². The molecule has 0 spiro atoms. The number of hydrogen-bond donors (Lipinski definition) is 0. The van der Waals surface area contributed by atoms with Crippen molar-refractivity contribution in [2.24, 2.45) is 5.92 Å². The Morgan fingerprint density at radius 2 is 2.11 bits per heavy atom. The summed E-state index contributed by atoms with van der Waals surface area (Å²) in [6.45, 7) is 8.27. The highest BCUT2D eigenvalue weighted by Crippen LogP contribution is 2.14. The van der Waals surface area contributed by atoms with E-state index in [2.05, 4.69) is 32.2 Å². The van der Waals surface area contributed by atoms with Gasteiger partial charge in [0, 0.05) is 0 Å². The Morgan fingerprint density at radius 3 is 2.33 bits per heavy atom. The van der Waals surface area contributed by atoms with Crippen LogP contribution in [0.15, 0.2) is 25.3 Å². The molecule has 9 heavy (non-hydrogen) atoms. The molecule has 1 unspecified atom stereocenters. The molecule has 0 aliphatic heterocycles. The van der Waals surface area contributed by atoms with Crippen LogP contribution in [0.1, 0.15) is 26.2 Å². The molecule has 0 saturated heterocycles. The number of allylic oxidation sites excluding steroid dienone is 2. The summed E-state index contributed by atoms with van der Waals surface area (Å²) in [6, 6.07) is 0. The van der Waals surface area contributed by atoms with Gasteiger partial charge in [-0.1, -0.05) is 19.1 Å². The summed E-state index contributed by atoms with van der Waals surface area (Å²) in [5, 5.41) is 0. The largest absolute Gasteiger partial charge is 0.106 e. The van der Waals surface area contributed by atoms with Gasteiger partial charge in [0.15, 0.2) is 0 Å². The van der Waals surface area contributed by atoms with Crippen molar-refractivity contribution in [1.82, 2.24) is 0 Å². The maximum absolute atomic E-state index is 3.00. The molecule has 1 atom stereocenters. The lowest BCUT2D eigenvalue weighted by atomic mass is 9.98. The summed E-state index contributed by atoms with van der Waals surface area (Å²) < 4.78 is 0. The van der Waals surface area contributed by atoms with Crippen LogP contribution in [0.4, 0.5) is 0 Å². The lowest BCUT2D eigenvalue weighted by molar-refractivity contribution is 0.584. The first kappa shape index (κ1) is 8.48. The van der Waals surface area contributed by atoms with Crippen molar-refractivity contribution >= 4 is 0 Å². The molecule has 0 bridgehead atoms. The third-order valence-electron chi connectivity index (χ3n) is 1.49. The molecule has 1 aliphatic carbocycles. The Morgan fingerprint density at radius 1 is 1.44 bits per heavy atom. The fraction of sp³-hybridized carbons (Fsp3) is 0.556. The maximum Gasteiger partial charge on any atom is -0.0262 e. The monoisotopic (exact) mass is 124 g/mol. The highest BCUT2D eigenvalue weighted by Gasteiger charge is 1.98. The molecule has 0 saturated carbocycles. The van der Waals surface area contributed by atoms with E-state index in [9.17, 15) is 0 Å². The minimum absolute atomic E-state index is 0.855. The topological polar surface area (TPSA) is 0 Å². The second kappa shape index (κ2) is 5.61. The van der Waals surface area contributed by atoms with Gasteiger partial charge in [-0.05, 0) is 25.2 Å². The Kier molecular flexibility index (Phi) is 5.29. The summed E-state index contributed by atoms with van der Waals surface area (Å²) in [5.74, 6) is 0.855. The minimum atomic E-state index is 0.855. The molecular formula is C9H16. The van der Waals surface area contributed by atoms with Gasteiger partial charge in [0.1, 0.15) is 0 Å². The zero-order valence-electron chi connectivity index (χ0n) is 6.27. The van der Waals surface area contributed by atoms with Gasteiger partial charge in [-0.3, -0.25) is 0 Å². The van der Waals surface area contributed by atoms with E-state index >= 15 is 0 Å². The van der Waals surface area contributed by atoms with Gasteiger partial charge in [-0.2, -0.15) is 0 Å². The fourth-order valence-corrected chi connectivity index (χ4v) is 0.982. The van der Waals surface area contributed by atoms with Gasteiger partial charge in [-0.25, -0.2) is 0 Å². The first-order valence-corrected chi connectivity index (χ1v) is 3.56. The second-order valence-electron chi connectivity index (χ2n) is 2.34. The third-order valence-corrected chi connectivity index (χ3v) is 1.49. The number of hydrogen-bond acceptors (Lipinski definition) is 0. The molecule has 0 aromatic heterocycles. The summed E-state index contributed by atoms with van der Waals surface area (Å²) in [6.07, 6.45) is 8.70. The van der Waals surface area contributed by atoms with E-state index in [4.69, 9.17) is 0 Å². The van der Waals surface area contributed by atoms with Crippen molar-refractivity contribution in [2.45, 2.75) is 26.2 Å². The second-order valence-corrected chi connectivity index (χ2v) is 2.34. The summed E-state index contributed by atoms with van der Waals surface area (Å²) in [4.78, 5) is 0. The van der Waals surface area contributed by atoms with E-state index in [1.165, 1.54) is 19.3 Å². The Bertz CT molecular complexity index is 82.0. The average Bonchev–Trinajstić information content (AvgIpc) is 1.94. The predicted molar refractivity (Wildman–Crippen MR) is 43.4 cm³/mol. The van der Waals surface area contributed by atoms with Crippen LogP contribution in [-0.4, -0.2) is 0 Å². The zero-order chi connectivity index (χ0) is 7.11. The van der Waals surface area contributed by atoms with Crippen LogP contribution < -0.4 is 0 Å². The highest BCUT2D eigenvalue weighted by atomic mass is 14.0. The van der Waals surface area contributed by atoms with Crippen molar-refractivity contribution in [3.63, 3.8) is 0 Å². The molecule has 0 aromatic carbocycles. The molecule has 0 nitrogen and oxygen atoms in total. The molecule has 0 radical (unpaired) electrons. The van der Waals surface area contributed by atoms with Gasteiger partial charge in [0.2, 0.25) is 0 Å². The van der Waals surface area contributed by atoms with Gasteiger partial charge in [-0.15, -0.1) is 13.2 Å². The molecule has 1 rings (SSSR count). The molecular weight excluding hydrogens is 108 g/mol. The van der Waals surface area contributed by atoms with E-state index < -0.39 is 0 Å². The summed E-state index contributed by atoms with van der Waals surface area (Å²) in [5.41, 5.74) is 0. The van der Waals surface area contributed by atoms with E-state index in [-0.39, 0.29) is 0 Å². The first-order valence-electron chi connectivity index (χ1n) is 3.56. The zero-order valence-corrected chi connectivity index (χ0v) is 6.27. The molecule has 0 aromatic rings. The predicted octanol–water partition coefficient (Wildman–Crippen LogP) is 3.16. The minimum Gasteiger partial charge on any atom is -0.106 e. The maximum atomic E-state index is 3.00. The van der Waals surface area contributed by atoms with Gasteiger partial charge in [0.25, 0.3) is 0 Å². The number of rotatable bonds is 0. The van der Waals surface area contributed by atoms with Crippen LogP contribution in [-0.2, 0) is 0 Å². The van der Waals surface area contributed by atoms with E-state index in [0.29, 0.717) is 0 Å². The van der Waals surface area contributed by atoms with E-state index in [1.807, 2.05) is 0 Å². The molecule has 0 fully saturated rings. The highest BCUT2D eigenvalue weighted by molar-refractivity contribution is 4.90. The van der Waals surface area contributed by atoms with Gasteiger partial charge >= 0.3 is 0 Å². The van der Waals surface area contributed by atoms with Crippen LogP contribution in [0.3, 0.4) is 0 Å². The standard InChI is InChI=1S/C7H12.C2H4/c1-7-5-3-2-4-6-7;1-2/h3,5,7H,2,4,6H2,1H3;1-2H2. The average molecular weight is 124 g/mol. The summed E-state index contributed by atoms with van der Waals surface area (Å²) >= 11 is 0. The Labute approximate surface area is 58.3 Å². The van der Waals surface area contributed by atoms with Crippen LogP contribution in [0.2, 0.25) is 0 Å². The quantitative estimate of drug-likeness (QED) is 0.435. The molecule has 0 amide bonds. The van der Waals surface area contributed by atoms with Gasteiger partial charge in [0.05, 0.1) is 0 Å². The summed E-state index contributed by atoms with van der Waals surface area (Å²) in [7, 11) is 0. The SMILES string of the molecule is C=C.CC1C=CCCC1. The molecule has 1 aliphatic rings. The van der Waals surface area contributed by atoms with Crippen LogP contribution >= 0.6 is 0 Å². The molecule has 0 heteroatoms. The smallest absolute Gasteiger partial charge is 0.0262 e. The van der Waals surface area contributed by atoms with Crippen molar-refractivity contribution in [3.8, 4) is 0 Å². The van der Waals surface area contributed by atoms with Gasteiger partial charge < -0.3 is 0 Å². The first-order chi connectivity index (χ1) is 4.39. The lowest BCUT2D eigenvalue weighted by Gasteiger charge is -2.08. The van der Waals surface area contributed by atoms with E-state index in [1.54, 1.807) is 0 Å². The Balaban J connectivity index is 0.000000291. The normalized spacial score (nSPS) is 24.3. The van der Waals surface area contributed by atoms with Crippen molar-refractivity contribution < 1.29 is 0 Å². The molecule has 0 N–H and O–H groups in total. The Hall–Kier alpha value is -0.520. The van der Waals surface area contributed by atoms with Crippen molar-refractivity contribution in [2.75, 3.05) is 0 Å². The van der Waals surface area contributed by atoms with Crippen molar-refractivity contribution in [1.29, 1.82) is 0 Å². The van der Waals surface area contributed by atoms with Crippen LogP contribution in [0.5, 0.6) is 0 Å². The van der Waals surface area contributed by atoms with Crippen molar-refractivity contribution in [3.05, 3.63) is 25.3 Å². The molecule has 52 valence electrons. The van der Waals surface area contributed by atoms with E-state index in [0.717, 1.165) is 5.92 Å². The third kappa shape index (κ3) is 4.01. The van der Waals surface area contributed by atoms with Crippen LogP contribution in [0.25, 0.3) is 0 Å². The molecule has 0 heterocycles.